The molecule has 4 rings (SSSR count). The number of morpholine rings is 1. The van der Waals surface area contributed by atoms with Crippen LogP contribution in [0.1, 0.15) is 29.8 Å². The molecule has 32 heavy (non-hydrogen) atoms. The number of nitrogens with zero attached hydrogens (tertiary/aromatic N) is 3. The number of fused-ring (bicyclic) bond motifs is 1. The average Bonchev–Trinajstić information content (AvgIpc) is 2.79. The minimum atomic E-state index is -0.325. The van der Waals surface area contributed by atoms with Crippen LogP contribution in [0.25, 0.3) is 11.0 Å². The Morgan fingerprint density at radius 1 is 1.06 bits per heavy atom. The molecule has 2 aromatic carbocycles. The molecule has 166 valence electrons. The van der Waals surface area contributed by atoms with Crippen molar-refractivity contribution < 1.29 is 14.3 Å². The molecule has 1 aliphatic rings. The van der Waals surface area contributed by atoms with Gasteiger partial charge in [-0.1, -0.05) is 24.3 Å². The first-order chi connectivity index (χ1) is 15.4. The summed E-state index contributed by atoms with van der Waals surface area (Å²) in [7, 11) is 0. The van der Waals surface area contributed by atoms with Crippen LogP contribution in [0, 0.1) is 0 Å². The Balaban J connectivity index is 1.37. The number of benzene rings is 2. The van der Waals surface area contributed by atoms with Crippen molar-refractivity contribution in [3.05, 3.63) is 76.2 Å². The molecule has 0 saturated carbocycles. The third-order valence-corrected chi connectivity index (χ3v) is 5.45. The average molecular weight is 434 g/mol. The first kappa shape index (κ1) is 21.7. The third kappa shape index (κ3) is 4.86. The van der Waals surface area contributed by atoms with Crippen molar-refractivity contribution in [2.45, 2.75) is 39.1 Å². The molecule has 2 heterocycles. The molecule has 1 aromatic heterocycles. The molecule has 2 atom stereocenters. The molecule has 1 saturated heterocycles. The summed E-state index contributed by atoms with van der Waals surface area (Å²) in [6.45, 7) is 5.28. The lowest BCUT2D eigenvalue weighted by Crippen LogP contribution is -2.48. The number of carbonyl (C=O) groups excluding carboxylic acids is 2. The zero-order chi connectivity index (χ0) is 22.7. The standard InChI is InChI=1S/C24H26N4O4/c1-16-13-27(14-17(2)32-16)24(31)19-9-7-18(8-10-19)11-26-22(29)15-28-21-6-4-3-5-20(21)25-12-23(28)30/h3-10,12,16-17H,11,13-15H2,1-2H3,(H,26,29). The molecule has 2 unspecified atom stereocenters. The van der Waals surface area contributed by atoms with Crippen molar-refractivity contribution in [2.75, 3.05) is 13.1 Å². The van der Waals surface area contributed by atoms with E-state index in [0.717, 1.165) is 5.56 Å². The number of amides is 2. The molecular formula is C24H26N4O4. The number of carbonyl (C=O) groups is 2. The molecule has 0 radical (unpaired) electrons. The molecule has 8 nitrogen and oxygen atoms in total. The summed E-state index contributed by atoms with van der Waals surface area (Å²) in [5.74, 6) is -0.300. The van der Waals surface area contributed by atoms with Gasteiger partial charge in [-0.2, -0.15) is 0 Å². The van der Waals surface area contributed by atoms with Gasteiger partial charge >= 0.3 is 0 Å². The zero-order valence-electron chi connectivity index (χ0n) is 18.2. The second-order valence-electron chi connectivity index (χ2n) is 8.11. The number of nitrogens with one attached hydrogen (secondary N) is 1. The van der Waals surface area contributed by atoms with Gasteiger partial charge in [0.2, 0.25) is 5.91 Å². The molecule has 3 aromatic rings. The van der Waals surface area contributed by atoms with Crippen LogP contribution in [0.5, 0.6) is 0 Å². The topological polar surface area (TPSA) is 93.5 Å². The highest BCUT2D eigenvalue weighted by molar-refractivity contribution is 5.94. The van der Waals surface area contributed by atoms with Gasteiger partial charge in [0.25, 0.3) is 11.5 Å². The first-order valence-corrected chi connectivity index (χ1v) is 10.7. The predicted octanol–water partition coefficient (Wildman–Crippen LogP) is 1.96. The second-order valence-corrected chi connectivity index (χ2v) is 8.11. The Labute approximate surface area is 185 Å². The van der Waals surface area contributed by atoms with Crippen LogP contribution in [0.4, 0.5) is 0 Å². The van der Waals surface area contributed by atoms with Gasteiger partial charge in [0.15, 0.2) is 0 Å². The number of para-hydroxylation sites is 2. The molecular weight excluding hydrogens is 408 g/mol. The van der Waals surface area contributed by atoms with E-state index in [1.54, 1.807) is 30.3 Å². The monoisotopic (exact) mass is 434 g/mol. The molecule has 0 aliphatic carbocycles. The van der Waals surface area contributed by atoms with E-state index in [9.17, 15) is 14.4 Å². The van der Waals surface area contributed by atoms with Crippen LogP contribution in [-0.2, 0) is 22.6 Å². The third-order valence-electron chi connectivity index (χ3n) is 5.45. The predicted molar refractivity (Wildman–Crippen MR) is 120 cm³/mol. The maximum Gasteiger partial charge on any atom is 0.269 e. The van der Waals surface area contributed by atoms with Crippen LogP contribution in [0.3, 0.4) is 0 Å². The summed E-state index contributed by atoms with van der Waals surface area (Å²) < 4.78 is 7.10. The maximum atomic E-state index is 12.8. The number of aromatic nitrogens is 2. The highest BCUT2D eigenvalue weighted by Gasteiger charge is 2.26. The van der Waals surface area contributed by atoms with E-state index in [4.69, 9.17) is 4.74 Å². The number of rotatable bonds is 5. The second kappa shape index (κ2) is 9.32. The maximum absolute atomic E-state index is 12.8. The minimum absolute atomic E-state index is 0.0159. The van der Waals surface area contributed by atoms with E-state index in [1.165, 1.54) is 10.8 Å². The van der Waals surface area contributed by atoms with Crippen molar-refractivity contribution in [3.63, 3.8) is 0 Å². The van der Waals surface area contributed by atoms with Crippen molar-refractivity contribution >= 4 is 22.8 Å². The van der Waals surface area contributed by atoms with Gasteiger partial charge in [-0.3, -0.25) is 19.0 Å². The van der Waals surface area contributed by atoms with Crippen molar-refractivity contribution in [1.82, 2.24) is 19.8 Å². The van der Waals surface area contributed by atoms with Crippen LogP contribution in [0.2, 0.25) is 0 Å². The quantitative estimate of drug-likeness (QED) is 0.663. The summed E-state index contributed by atoms with van der Waals surface area (Å²) in [6.07, 6.45) is 1.26. The Morgan fingerprint density at radius 3 is 2.47 bits per heavy atom. The number of hydrogen-bond donors (Lipinski definition) is 1. The summed E-state index contributed by atoms with van der Waals surface area (Å²) >= 11 is 0. The molecule has 0 bridgehead atoms. The minimum Gasteiger partial charge on any atom is -0.372 e. The molecule has 0 spiro atoms. The molecule has 1 N–H and O–H groups in total. The Morgan fingerprint density at radius 2 is 1.75 bits per heavy atom. The molecule has 1 aliphatic heterocycles. The van der Waals surface area contributed by atoms with Gasteiger partial charge in [-0.15, -0.1) is 0 Å². The van der Waals surface area contributed by atoms with E-state index in [0.29, 0.717) is 36.2 Å². The highest BCUT2D eigenvalue weighted by atomic mass is 16.5. The van der Waals surface area contributed by atoms with Crippen LogP contribution < -0.4 is 10.9 Å². The summed E-state index contributed by atoms with van der Waals surface area (Å²) in [6, 6.07) is 14.4. The fourth-order valence-corrected chi connectivity index (χ4v) is 3.97. The number of hydrogen-bond acceptors (Lipinski definition) is 5. The van der Waals surface area contributed by atoms with Gasteiger partial charge in [0.1, 0.15) is 6.54 Å². The largest absolute Gasteiger partial charge is 0.372 e. The normalized spacial score (nSPS) is 18.5. The van der Waals surface area contributed by atoms with E-state index in [1.807, 2.05) is 36.9 Å². The number of ether oxygens (including phenoxy) is 1. The van der Waals surface area contributed by atoms with Gasteiger partial charge in [0.05, 0.1) is 29.4 Å². The van der Waals surface area contributed by atoms with E-state index < -0.39 is 0 Å². The Hall–Kier alpha value is -3.52. The first-order valence-electron chi connectivity index (χ1n) is 10.7. The summed E-state index contributed by atoms with van der Waals surface area (Å²) in [5.41, 5.74) is 2.42. The van der Waals surface area contributed by atoms with Crippen molar-refractivity contribution in [2.24, 2.45) is 0 Å². The van der Waals surface area contributed by atoms with Gasteiger partial charge in [-0.05, 0) is 43.7 Å². The van der Waals surface area contributed by atoms with Gasteiger partial charge < -0.3 is 15.0 Å². The molecule has 8 heteroatoms. The van der Waals surface area contributed by atoms with E-state index in [2.05, 4.69) is 10.3 Å². The van der Waals surface area contributed by atoms with Crippen LogP contribution in [0.15, 0.2) is 59.5 Å². The molecule has 2 amide bonds. The highest BCUT2D eigenvalue weighted by Crippen LogP contribution is 2.15. The van der Waals surface area contributed by atoms with E-state index >= 15 is 0 Å². The Kier molecular flexibility index (Phi) is 6.32. The molecule has 1 fully saturated rings. The lowest BCUT2D eigenvalue weighted by atomic mass is 10.1. The van der Waals surface area contributed by atoms with Gasteiger partial charge in [-0.25, -0.2) is 4.98 Å². The lowest BCUT2D eigenvalue weighted by Gasteiger charge is -2.35. The smallest absolute Gasteiger partial charge is 0.269 e. The SMILES string of the molecule is CC1CN(C(=O)c2ccc(CNC(=O)Cn3c(=O)cnc4ccccc43)cc2)CC(C)O1. The summed E-state index contributed by atoms with van der Waals surface area (Å²) in [5, 5.41) is 2.83. The fourth-order valence-electron chi connectivity index (χ4n) is 3.97. The Bertz CT molecular complexity index is 1180. The lowest BCUT2D eigenvalue weighted by molar-refractivity contribution is -0.121. The van der Waals surface area contributed by atoms with Crippen molar-refractivity contribution in [1.29, 1.82) is 0 Å². The fraction of sp³-hybridized carbons (Fsp3) is 0.333. The van der Waals surface area contributed by atoms with Crippen molar-refractivity contribution in [3.8, 4) is 0 Å². The van der Waals surface area contributed by atoms with Crippen LogP contribution in [-0.4, -0.2) is 51.6 Å². The zero-order valence-corrected chi connectivity index (χ0v) is 18.2. The summed E-state index contributed by atoms with van der Waals surface area (Å²) in [4.78, 5) is 43.3. The van der Waals surface area contributed by atoms with Crippen LogP contribution >= 0.6 is 0 Å². The van der Waals surface area contributed by atoms with Gasteiger partial charge in [0, 0.05) is 25.2 Å². The van der Waals surface area contributed by atoms with E-state index in [-0.39, 0.29) is 36.1 Å².